The van der Waals surface area contributed by atoms with Crippen LogP contribution in [0.5, 0.6) is 0 Å². The maximum absolute atomic E-state index is 5.06. The van der Waals surface area contributed by atoms with E-state index >= 15 is 0 Å². The Morgan fingerprint density at radius 3 is 2.46 bits per heavy atom. The predicted octanol–water partition coefficient (Wildman–Crippen LogP) is 1.09. The SMILES string of the molecule is Cc1nc(CN2CCCN(Cc3nnc(C4CC4)n3C)CC2)no1. The summed E-state index contributed by atoms with van der Waals surface area (Å²) in [6.07, 6.45) is 3.67. The van der Waals surface area contributed by atoms with E-state index in [9.17, 15) is 0 Å². The van der Waals surface area contributed by atoms with Crippen molar-refractivity contribution in [1.82, 2.24) is 34.7 Å². The third-order valence-corrected chi connectivity index (χ3v) is 4.92. The molecule has 0 N–H and O–H groups in total. The zero-order chi connectivity index (χ0) is 16.5. The Morgan fingerprint density at radius 2 is 1.79 bits per heavy atom. The van der Waals surface area contributed by atoms with Crippen LogP contribution < -0.4 is 0 Å². The highest BCUT2D eigenvalue weighted by Gasteiger charge is 2.29. The fourth-order valence-electron chi connectivity index (χ4n) is 3.36. The summed E-state index contributed by atoms with van der Waals surface area (Å²) in [6.45, 7) is 7.68. The third kappa shape index (κ3) is 3.49. The number of nitrogens with zero attached hydrogens (tertiary/aromatic N) is 7. The Kier molecular flexibility index (Phi) is 4.32. The monoisotopic (exact) mass is 331 g/mol. The smallest absolute Gasteiger partial charge is 0.223 e. The second kappa shape index (κ2) is 6.60. The van der Waals surface area contributed by atoms with Gasteiger partial charge in [-0.05, 0) is 32.4 Å². The van der Waals surface area contributed by atoms with Crippen molar-refractivity contribution in [3.05, 3.63) is 23.4 Å². The average molecular weight is 331 g/mol. The van der Waals surface area contributed by atoms with E-state index in [0.717, 1.165) is 63.2 Å². The standard InChI is InChI=1S/C16H25N7O/c1-12-17-14(20-24-12)10-22-6-3-7-23(9-8-22)11-15-18-19-16(21(15)2)13-4-5-13/h13H,3-11H2,1-2H3. The Bertz CT molecular complexity index is 690. The summed E-state index contributed by atoms with van der Waals surface area (Å²) in [4.78, 5) is 9.18. The van der Waals surface area contributed by atoms with Crippen LogP contribution in [0.4, 0.5) is 0 Å². The Morgan fingerprint density at radius 1 is 1.04 bits per heavy atom. The lowest BCUT2D eigenvalue weighted by Crippen LogP contribution is -2.31. The van der Waals surface area contributed by atoms with Crippen molar-refractivity contribution < 1.29 is 4.52 Å². The molecule has 24 heavy (non-hydrogen) atoms. The van der Waals surface area contributed by atoms with E-state index < -0.39 is 0 Å². The Hall–Kier alpha value is -1.80. The van der Waals surface area contributed by atoms with Crippen LogP contribution in [0.1, 0.15) is 48.5 Å². The van der Waals surface area contributed by atoms with Gasteiger partial charge in [0.1, 0.15) is 11.6 Å². The molecule has 2 aromatic heterocycles. The molecule has 0 radical (unpaired) electrons. The molecule has 0 bridgehead atoms. The molecular weight excluding hydrogens is 306 g/mol. The van der Waals surface area contributed by atoms with Crippen molar-refractivity contribution in [2.45, 2.75) is 45.2 Å². The summed E-state index contributed by atoms with van der Waals surface area (Å²) in [6, 6.07) is 0. The van der Waals surface area contributed by atoms with E-state index in [-0.39, 0.29) is 0 Å². The third-order valence-electron chi connectivity index (χ3n) is 4.92. The molecule has 2 fully saturated rings. The maximum atomic E-state index is 5.06. The first-order valence-corrected chi connectivity index (χ1v) is 8.81. The van der Waals surface area contributed by atoms with E-state index in [1.807, 2.05) is 6.92 Å². The predicted molar refractivity (Wildman–Crippen MR) is 87.2 cm³/mol. The molecule has 8 heteroatoms. The first-order valence-electron chi connectivity index (χ1n) is 8.81. The minimum atomic E-state index is 0.634. The van der Waals surface area contributed by atoms with Crippen LogP contribution in [0.3, 0.4) is 0 Å². The summed E-state index contributed by atoms with van der Waals surface area (Å²) in [5.41, 5.74) is 0. The lowest BCUT2D eigenvalue weighted by molar-refractivity contribution is 0.237. The molecule has 0 atom stereocenters. The molecule has 1 aliphatic heterocycles. The van der Waals surface area contributed by atoms with Gasteiger partial charge in [0.15, 0.2) is 5.82 Å². The fourth-order valence-corrected chi connectivity index (χ4v) is 3.36. The zero-order valence-corrected chi connectivity index (χ0v) is 14.5. The van der Waals surface area contributed by atoms with E-state index in [2.05, 4.69) is 41.8 Å². The normalized spacial score (nSPS) is 20.4. The van der Waals surface area contributed by atoms with Crippen molar-refractivity contribution in [1.29, 1.82) is 0 Å². The summed E-state index contributed by atoms with van der Waals surface area (Å²) in [5.74, 6) is 4.31. The van der Waals surface area contributed by atoms with Crippen LogP contribution in [0.2, 0.25) is 0 Å². The lowest BCUT2D eigenvalue weighted by atomic mass is 10.3. The van der Waals surface area contributed by atoms with Gasteiger partial charge >= 0.3 is 0 Å². The highest BCUT2D eigenvalue weighted by Crippen LogP contribution is 2.38. The quantitative estimate of drug-likeness (QED) is 0.812. The van der Waals surface area contributed by atoms with Crippen molar-refractivity contribution in [3.8, 4) is 0 Å². The van der Waals surface area contributed by atoms with Crippen LogP contribution in [0, 0.1) is 6.92 Å². The second-order valence-corrected chi connectivity index (χ2v) is 6.94. The Labute approximate surface area is 141 Å². The van der Waals surface area contributed by atoms with Crippen molar-refractivity contribution in [2.75, 3.05) is 26.2 Å². The van der Waals surface area contributed by atoms with Gasteiger partial charge in [0.2, 0.25) is 5.89 Å². The highest BCUT2D eigenvalue weighted by molar-refractivity contribution is 5.07. The zero-order valence-electron chi connectivity index (χ0n) is 14.5. The van der Waals surface area contributed by atoms with Gasteiger partial charge in [-0.3, -0.25) is 9.80 Å². The van der Waals surface area contributed by atoms with Gasteiger partial charge in [-0.2, -0.15) is 4.98 Å². The van der Waals surface area contributed by atoms with Crippen molar-refractivity contribution in [2.24, 2.45) is 7.05 Å². The molecule has 0 aromatic carbocycles. The molecule has 130 valence electrons. The maximum Gasteiger partial charge on any atom is 0.223 e. The van der Waals surface area contributed by atoms with Crippen LogP contribution in [0.15, 0.2) is 4.52 Å². The molecule has 2 aromatic rings. The van der Waals surface area contributed by atoms with Crippen LogP contribution in [-0.4, -0.2) is 60.9 Å². The van der Waals surface area contributed by atoms with Crippen LogP contribution >= 0.6 is 0 Å². The van der Waals surface area contributed by atoms with Gasteiger partial charge < -0.3 is 9.09 Å². The summed E-state index contributed by atoms with van der Waals surface area (Å²) in [5, 5.41) is 12.8. The van der Waals surface area contributed by atoms with E-state index in [4.69, 9.17) is 4.52 Å². The number of hydrogen-bond donors (Lipinski definition) is 0. The molecule has 0 spiro atoms. The number of rotatable bonds is 5. The number of aromatic nitrogens is 5. The molecule has 1 aliphatic carbocycles. The molecule has 2 aliphatic rings. The van der Waals surface area contributed by atoms with E-state index in [1.54, 1.807) is 0 Å². The minimum absolute atomic E-state index is 0.634. The molecule has 0 unspecified atom stereocenters. The van der Waals surface area contributed by atoms with Crippen LogP contribution in [-0.2, 0) is 20.1 Å². The van der Waals surface area contributed by atoms with Gasteiger partial charge in [-0.15, -0.1) is 10.2 Å². The molecule has 1 saturated heterocycles. The van der Waals surface area contributed by atoms with Gasteiger partial charge in [0.05, 0.1) is 13.1 Å². The average Bonchev–Trinajstić information content (AvgIpc) is 3.27. The molecule has 8 nitrogen and oxygen atoms in total. The summed E-state index contributed by atoms with van der Waals surface area (Å²) >= 11 is 0. The lowest BCUT2D eigenvalue weighted by Gasteiger charge is -2.20. The number of aryl methyl sites for hydroxylation is 1. The molecule has 1 saturated carbocycles. The highest BCUT2D eigenvalue weighted by atomic mass is 16.5. The second-order valence-electron chi connectivity index (χ2n) is 6.94. The minimum Gasteiger partial charge on any atom is -0.340 e. The van der Waals surface area contributed by atoms with E-state index in [0.29, 0.717) is 11.8 Å². The van der Waals surface area contributed by atoms with Gasteiger partial charge in [0, 0.05) is 33.0 Å². The fraction of sp³-hybridized carbons (Fsp3) is 0.750. The van der Waals surface area contributed by atoms with Crippen LogP contribution in [0.25, 0.3) is 0 Å². The van der Waals surface area contributed by atoms with Crippen molar-refractivity contribution >= 4 is 0 Å². The summed E-state index contributed by atoms with van der Waals surface area (Å²) in [7, 11) is 2.10. The van der Waals surface area contributed by atoms with Gasteiger partial charge in [-0.25, -0.2) is 0 Å². The topological polar surface area (TPSA) is 76.1 Å². The number of hydrogen-bond acceptors (Lipinski definition) is 7. The molecule has 4 rings (SSSR count). The Balaban J connectivity index is 1.33. The molecular formula is C16H25N7O. The van der Waals surface area contributed by atoms with Gasteiger partial charge in [-0.1, -0.05) is 5.16 Å². The summed E-state index contributed by atoms with van der Waals surface area (Å²) < 4.78 is 7.26. The first kappa shape index (κ1) is 15.7. The largest absolute Gasteiger partial charge is 0.340 e. The first-order chi connectivity index (χ1) is 11.7. The van der Waals surface area contributed by atoms with E-state index in [1.165, 1.54) is 12.8 Å². The van der Waals surface area contributed by atoms with Crippen molar-refractivity contribution in [3.63, 3.8) is 0 Å². The van der Waals surface area contributed by atoms with Gasteiger partial charge in [0.25, 0.3) is 0 Å². The molecule has 3 heterocycles. The molecule has 0 amide bonds.